The van der Waals surface area contributed by atoms with Crippen molar-refractivity contribution < 1.29 is 23.8 Å². The van der Waals surface area contributed by atoms with Crippen molar-refractivity contribution in [1.29, 1.82) is 0 Å². The van der Waals surface area contributed by atoms with Crippen LogP contribution in [0.25, 0.3) is 0 Å². The van der Waals surface area contributed by atoms with E-state index in [1.807, 2.05) is 0 Å². The highest BCUT2D eigenvalue weighted by Crippen LogP contribution is 2.26. The molecule has 1 aromatic carbocycles. The van der Waals surface area contributed by atoms with Crippen LogP contribution in [0, 0.1) is 5.82 Å². The van der Waals surface area contributed by atoms with E-state index < -0.39 is 35.4 Å². The first kappa shape index (κ1) is 16.9. The van der Waals surface area contributed by atoms with Gasteiger partial charge < -0.3 is 15.2 Å². The second-order valence-corrected chi connectivity index (χ2v) is 6.04. The zero-order chi connectivity index (χ0) is 16.3. The van der Waals surface area contributed by atoms with Crippen LogP contribution >= 0.6 is 0 Å². The van der Waals surface area contributed by atoms with Crippen molar-refractivity contribution >= 4 is 12.1 Å². The van der Waals surface area contributed by atoms with Gasteiger partial charge in [-0.1, -0.05) is 12.1 Å². The van der Waals surface area contributed by atoms with E-state index in [9.17, 15) is 14.0 Å². The number of hydrogen-bond donors (Lipinski definition) is 2. The average Bonchev–Trinajstić information content (AvgIpc) is 2.24. The number of carbonyl (C=O) groups excluding carboxylic acids is 1. The molecule has 0 saturated carbocycles. The number of carboxylic acids is 1. The first-order chi connectivity index (χ1) is 9.52. The number of ether oxygens (including phenoxy) is 1. The van der Waals surface area contributed by atoms with Crippen LogP contribution in [-0.4, -0.2) is 22.8 Å². The zero-order valence-electron chi connectivity index (χ0n) is 12.6. The van der Waals surface area contributed by atoms with Crippen molar-refractivity contribution in [2.75, 3.05) is 0 Å². The first-order valence-corrected chi connectivity index (χ1v) is 6.51. The molecule has 0 heterocycles. The Labute approximate surface area is 123 Å². The molecule has 0 saturated heterocycles. The van der Waals surface area contributed by atoms with E-state index in [1.54, 1.807) is 26.8 Å². The summed E-state index contributed by atoms with van der Waals surface area (Å²) in [6.45, 7) is 6.61. The molecule has 0 aliphatic heterocycles. The van der Waals surface area contributed by atoms with E-state index in [0.717, 1.165) is 0 Å². The van der Waals surface area contributed by atoms with Crippen LogP contribution in [0.15, 0.2) is 24.3 Å². The van der Waals surface area contributed by atoms with Gasteiger partial charge in [0.05, 0.1) is 12.0 Å². The van der Waals surface area contributed by atoms with E-state index in [1.165, 1.54) is 25.1 Å². The van der Waals surface area contributed by atoms with Gasteiger partial charge in [-0.15, -0.1) is 0 Å². The van der Waals surface area contributed by atoms with Crippen LogP contribution in [0.4, 0.5) is 9.18 Å². The summed E-state index contributed by atoms with van der Waals surface area (Å²) < 4.78 is 18.5. The predicted molar refractivity (Wildman–Crippen MR) is 75.4 cm³/mol. The van der Waals surface area contributed by atoms with Crippen LogP contribution in [0.3, 0.4) is 0 Å². The van der Waals surface area contributed by atoms with Gasteiger partial charge in [0, 0.05) is 0 Å². The Kier molecular flexibility index (Phi) is 4.93. The van der Waals surface area contributed by atoms with E-state index in [2.05, 4.69) is 5.32 Å². The molecule has 0 spiro atoms. The van der Waals surface area contributed by atoms with Crippen LogP contribution < -0.4 is 5.32 Å². The van der Waals surface area contributed by atoms with Crippen molar-refractivity contribution in [3.8, 4) is 0 Å². The monoisotopic (exact) mass is 297 g/mol. The third kappa shape index (κ3) is 5.41. The third-order valence-electron chi connectivity index (χ3n) is 2.74. The number of aliphatic carboxylic acids is 1. The molecule has 0 radical (unpaired) electrons. The highest BCUT2D eigenvalue weighted by Gasteiger charge is 2.33. The summed E-state index contributed by atoms with van der Waals surface area (Å²) in [5.41, 5.74) is -1.62. The average molecular weight is 297 g/mol. The first-order valence-electron chi connectivity index (χ1n) is 6.51. The summed E-state index contributed by atoms with van der Waals surface area (Å²) in [5.74, 6) is -1.62. The van der Waals surface area contributed by atoms with Gasteiger partial charge in [-0.25, -0.2) is 9.18 Å². The summed E-state index contributed by atoms with van der Waals surface area (Å²) in [6, 6.07) is 5.46. The standard InChI is InChI=1S/C15H20FNO4/c1-14(2,3)21-13(20)17-15(4,9-12(18)19)10-6-5-7-11(16)8-10/h5-8H,9H2,1-4H3,(H,17,20)(H,18,19)/t15-/m0/s1. The number of halogens is 1. The minimum Gasteiger partial charge on any atom is -0.481 e. The number of rotatable bonds is 4. The maximum atomic E-state index is 13.4. The molecule has 21 heavy (non-hydrogen) atoms. The second kappa shape index (κ2) is 6.11. The summed E-state index contributed by atoms with van der Waals surface area (Å²) >= 11 is 0. The lowest BCUT2D eigenvalue weighted by Crippen LogP contribution is -2.47. The minimum absolute atomic E-state index is 0.357. The van der Waals surface area contributed by atoms with Gasteiger partial charge >= 0.3 is 12.1 Å². The predicted octanol–water partition coefficient (Wildman–Crippen LogP) is 3.04. The Balaban J connectivity index is 3.04. The summed E-state index contributed by atoms with van der Waals surface area (Å²) in [7, 11) is 0. The smallest absolute Gasteiger partial charge is 0.408 e. The van der Waals surface area contributed by atoms with Gasteiger partial charge in [0.25, 0.3) is 0 Å². The fraction of sp³-hybridized carbons (Fsp3) is 0.467. The molecule has 5 nitrogen and oxygen atoms in total. The van der Waals surface area contributed by atoms with E-state index in [4.69, 9.17) is 9.84 Å². The molecule has 0 unspecified atom stereocenters. The van der Waals surface area contributed by atoms with Crippen LogP contribution in [0.5, 0.6) is 0 Å². The number of amides is 1. The lowest BCUT2D eigenvalue weighted by Gasteiger charge is -2.31. The van der Waals surface area contributed by atoms with Gasteiger partial charge in [-0.3, -0.25) is 4.79 Å². The maximum Gasteiger partial charge on any atom is 0.408 e. The number of carboxylic acid groups (broad SMARTS) is 1. The fourth-order valence-electron chi connectivity index (χ4n) is 1.88. The third-order valence-corrected chi connectivity index (χ3v) is 2.74. The van der Waals surface area contributed by atoms with Gasteiger partial charge in [0.2, 0.25) is 0 Å². The molecule has 0 aromatic heterocycles. The summed E-state index contributed by atoms with van der Waals surface area (Å²) in [5, 5.41) is 11.6. The minimum atomic E-state index is -1.27. The Bertz CT molecular complexity index is 539. The van der Waals surface area contributed by atoms with Crippen molar-refractivity contribution in [1.82, 2.24) is 5.32 Å². The van der Waals surface area contributed by atoms with Gasteiger partial charge in [0.1, 0.15) is 11.4 Å². The number of hydrogen-bond acceptors (Lipinski definition) is 3. The molecule has 2 N–H and O–H groups in total. The van der Waals surface area contributed by atoms with Crippen molar-refractivity contribution in [2.24, 2.45) is 0 Å². The number of nitrogens with one attached hydrogen (secondary N) is 1. The van der Waals surface area contributed by atoms with Gasteiger partial charge in [-0.2, -0.15) is 0 Å². The van der Waals surface area contributed by atoms with E-state index >= 15 is 0 Å². The topological polar surface area (TPSA) is 75.6 Å². The number of benzene rings is 1. The molecular weight excluding hydrogens is 277 g/mol. The van der Waals surface area contributed by atoms with Gasteiger partial charge in [-0.05, 0) is 45.4 Å². The quantitative estimate of drug-likeness (QED) is 0.895. The number of carbonyl (C=O) groups is 2. The SMILES string of the molecule is CC(C)(C)OC(=O)N[C@@](C)(CC(=O)O)c1cccc(F)c1. The second-order valence-electron chi connectivity index (χ2n) is 6.04. The van der Waals surface area contributed by atoms with Crippen molar-refractivity contribution in [3.63, 3.8) is 0 Å². The zero-order valence-corrected chi connectivity index (χ0v) is 12.6. The molecule has 0 aliphatic carbocycles. The summed E-state index contributed by atoms with van der Waals surface area (Å²) in [4.78, 5) is 22.9. The molecule has 1 atom stereocenters. The molecule has 1 rings (SSSR count). The maximum absolute atomic E-state index is 13.4. The Morgan fingerprint density at radius 2 is 1.90 bits per heavy atom. The Morgan fingerprint density at radius 3 is 2.38 bits per heavy atom. The highest BCUT2D eigenvalue weighted by atomic mass is 19.1. The van der Waals surface area contributed by atoms with Crippen LogP contribution in [0.1, 0.15) is 39.7 Å². The Hall–Kier alpha value is -2.11. The lowest BCUT2D eigenvalue weighted by molar-refractivity contribution is -0.138. The normalized spacial score (nSPS) is 14.1. The lowest BCUT2D eigenvalue weighted by atomic mass is 9.88. The molecule has 0 bridgehead atoms. The molecule has 1 aromatic rings. The van der Waals surface area contributed by atoms with E-state index in [0.29, 0.717) is 5.56 Å². The summed E-state index contributed by atoms with van der Waals surface area (Å²) in [6.07, 6.45) is -1.15. The molecular formula is C15H20FNO4. The fourth-order valence-corrected chi connectivity index (χ4v) is 1.88. The molecule has 0 aliphatic rings. The largest absolute Gasteiger partial charge is 0.481 e. The Morgan fingerprint density at radius 1 is 1.29 bits per heavy atom. The van der Waals surface area contributed by atoms with Crippen molar-refractivity contribution in [2.45, 2.75) is 45.3 Å². The van der Waals surface area contributed by atoms with Crippen LogP contribution in [0.2, 0.25) is 0 Å². The number of alkyl carbamates (subject to hydrolysis) is 1. The van der Waals surface area contributed by atoms with E-state index in [-0.39, 0.29) is 0 Å². The van der Waals surface area contributed by atoms with Gasteiger partial charge in [0.15, 0.2) is 0 Å². The molecule has 6 heteroatoms. The molecule has 1 amide bonds. The molecule has 116 valence electrons. The molecule has 0 fully saturated rings. The van der Waals surface area contributed by atoms with Crippen molar-refractivity contribution in [3.05, 3.63) is 35.6 Å². The highest BCUT2D eigenvalue weighted by molar-refractivity contribution is 5.73. The van der Waals surface area contributed by atoms with Crippen LogP contribution in [-0.2, 0) is 15.1 Å².